The molecule has 7 N–H and O–H groups in total. The van der Waals surface area contributed by atoms with E-state index in [2.05, 4.69) is 40.7 Å². The molecule has 1 heterocycles. The van der Waals surface area contributed by atoms with Crippen LogP contribution in [0.3, 0.4) is 0 Å². The summed E-state index contributed by atoms with van der Waals surface area (Å²) in [6.45, 7) is 12.4. The van der Waals surface area contributed by atoms with Crippen molar-refractivity contribution in [3.63, 3.8) is 0 Å². The molecule has 0 aromatic carbocycles. The summed E-state index contributed by atoms with van der Waals surface area (Å²) in [6.07, 6.45) is -1.55. The van der Waals surface area contributed by atoms with Gasteiger partial charge in [0.25, 0.3) is 0 Å². The minimum Gasteiger partial charge on any atom is -0.432 e. The van der Waals surface area contributed by atoms with Gasteiger partial charge in [-0.2, -0.15) is 0 Å². The molecule has 0 aromatic heterocycles. The van der Waals surface area contributed by atoms with E-state index in [1.807, 2.05) is 6.92 Å². The van der Waals surface area contributed by atoms with Gasteiger partial charge in [0.1, 0.15) is 24.4 Å². The summed E-state index contributed by atoms with van der Waals surface area (Å²) >= 11 is 0. The van der Waals surface area contributed by atoms with Crippen LogP contribution in [0.25, 0.3) is 0 Å². The quantitative estimate of drug-likeness (QED) is 0.224. The molecule has 0 bridgehead atoms. The Bertz CT molecular complexity index is 1300. The molecule has 10 nitrogen and oxygen atoms in total. The molecule has 0 aromatic rings. The Morgan fingerprint density at radius 1 is 0.935 bits per heavy atom. The second kappa shape index (κ2) is 11.3. The molecular weight excluding hydrogens is 592 g/mol. The maximum Gasteiger partial charge on any atom is 0.318 e. The molecule has 260 valence electrons. The third-order valence-corrected chi connectivity index (χ3v) is 15.0. The minimum atomic E-state index is -1.67. The number of ether oxygens (including phenoxy) is 2. The van der Waals surface area contributed by atoms with Gasteiger partial charge in [-0.25, -0.2) is 0 Å². The zero-order valence-corrected chi connectivity index (χ0v) is 28.3. The Kier molecular flexibility index (Phi) is 8.50. The fourth-order valence-corrected chi connectivity index (χ4v) is 11.8. The summed E-state index contributed by atoms with van der Waals surface area (Å²) in [5, 5.41) is 73.8. The molecule has 0 amide bonds. The molecule has 5 aliphatic carbocycles. The summed E-state index contributed by atoms with van der Waals surface area (Å²) in [7, 11) is 0. The van der Waals surface area contributed by atoms with Crippen LogP contribution in [0.1, 0.15) is 92.9 Å². The van der Waals surface area contributed by atoms with Crippen molar-refractivity contribution in [2.24, 2.45) is 44.8 Å². The van der Waals surface area contributed by atoms with Gasteiger partial charge >= 0.3 is 5.97 Å². The smallest absolute Gasteiger partial charge is 0.318 e. The summed E-state index contributed by atoms with van der Waals surface area (Å²) in [5.74, 6) is -0.0274. The molecule has 4 fully saturated rings. The lowest BCUT2D eigenvalue weighted by atomic mass is 9.34. The highest BCUT2D eigenvalue weighted by Crippen LogP contribution is 2.75. The maximum absolute atomic E-state index is 14.4. The molecule has 6 rings (SSSR count). The Balaban J connectivity index is 1.39. The number of carbonyl (C=O) groups excluding carboxylic acids is 1. The standard InChI is InChI=1S/C36H56O10/c1-18-9-12-36(31(44)46-30-28(42)27(41)26(40)22(16-37)45-30)14-13-34(5)20(25(36)19(18)2)7-8-24-32(3)15-21(39)29(43)33(4,17-38)23(32)10-11-35(24,34)6/h7,18,21-24,26-30,37-43H,8-17H2,1-6H3/t18-,21-,22-,23-,24-,26-,27+,28-,29+,30+,32+,33+,34-,35-,36+/m1/s1. The number of rotatable bonds is 4. The molecule has 10 heteroatoms. The van der Waals surface area contributed by atoms with E-state index in [-0.39, 0.29) is 40.6 Å². The number of aliphatic hydroxyl groups excluding tert-OH is 7. The van der Waals surface area contributed by atoms with Gasteiger partial charge in [0, 0.05) is 5.41 Å². The molecule has 0 spiro atoms. The Labute approximate surface area is 272 Å². The van der Waals surface area contributed by atoms with Crippen LogP contribution in [0.4, 0.5) is 0 Å². The van der Waals surface area contributed by atoms with Gasteiger partial charge in [-0.15, -0.1) is 0 Å². The first kappa shape index (κ1) is 34.5. The van der Waals surface area contributed by atoms with Crippen LogP contribution in [0.5, 0.6) is 0 Å². The van der Waals surface area contributed by atoms with Crippen LogP contribution in [0.15, 0.2) is 22.8 Å². The zero-order valence-electron chi connectivity index (χ0n) is 28.3. The average molecular weight is 649 g/mol. The number of aliphatic hydroxyl groups is 7. The summed E-state index contributed by atoms with van der Waals surface area (Å²) in [6, 6.07) is 0. The van der Waals surface area contributed by atoms with Gasteiger partial charge in [-0.05, 0) is 103 Å². The number of esters is 1. The van der Waals surface area contributed by atoms with Crippen LogP contribution in [0, 0.1) is 44.8 Å². The molecule has 0 radical (unpaired) electrons. The normalized spacial score (nSPS) is 53.7. The van der Waals surface area contributed by atoms with Crippen molar-refractivity contribution in [3.8, 4) is 0 Å². The Morgan fingerprint density at radius 2 is 1.63 bits per heavy atom. The number of allylic oxidation sites excluding steroid dienone is 3. The van der Waals surface area contributed by atoms with Crippen LogP contribution in [-0.4, -0.2) is 97.8 Å². The summed E-state index contributed by atoms with van der Waals surface area (Å²) in [4.78, 5) is 14.4. The molecule has 46 heavy (non-hydrogen) atoms. The predicted octanol–water partition coefficient (Wildman–Crippen LogP) is 2.36. The van der Waals surface area contributed by atoms with Crippen LogP contribution in [-0.2, 0) is 14.3 Å². The third-order valence-electron chi connectivity index (χ3n) is 15.0. The van der Waals surface area contributed by atoms with E-state index in [1.165, 1.54) is 5.57 Å². The molecule has 3 saturated carbocycles. The first-order valence-electron chi connectivity index (χ1n) is 17.4. The van der Waals surface area contributed by atoms with E-state index in [0.29, 0.717) is 19.3 Å². The highest BCUT2D eigenvalue weighted by Gasteiger charge is 2.70. The van der Waals surface area contributed by atoms with Crippen molar-refractivity contribution >= 4 is 5.97 Å². The second-order valence-electron chi connectivity index (χ2n) is 16.8. The summed E-state index contributed by atoms with van der Waals surface area (Å²) < 4.78 is 11.5. The van der Waals surface area contributed by atoms with E-state index in [1.54, 1.807) is 0 Å². The first-order valence-corrected chi connectivity index (χ1v) is 17.4. The SMILES string of the molecule is CC1=C2C3=CC[C@@H]4[C@@]5(C)C[C@@H](O)[C@H](O)[C@@](C)(CO)[C@@H]5CC[C@@]4(C)[C@]3(C)CC[C@@]2(C(=O)O[C@@H]2O[C@H](CO)[C@@H](O)[C@H](O)[C@H]2O)CC[C@H]1C. The van der Waals surface area contributed by atoms with Crippen LogP contribution < -0.4 is 0 Å². The lowest BCUT2D eigenvalue weighted by Crippen LogP contribution is -2.67. The van der Waals surface area contributed by atoms with Gasteiger partial charge in [0.2, 0.25) is 6.29 Å². The molecule has 1 saturated heterocycles. The molecule has 0 unspecified atom stereocenters. The van der Waals surface area contributed by atoms with Gasteiger partial charge in [-0.1, -0.05) is 46.3 Å². The van der Waals surface area contributed by atoms with Crippen molar-refractivity contribution in [3.05, 3.63) is 22.8 Å². The van der Waals surface area contributed by atoms with Crippen molar-refractivity contribution in [1.29, 1.82) is 0 Å². The highest BCUT2D eigenvalue weighted by molar-refractivity contribution is 5.84. The zero-order chi connectivity index (χ0) is 33.8. The lowest BCUT2D eigenvalue weighted by molar-refractivity contribution is -0.295. The van der Waals surface area contributed by atoms with Crippen molar-refractivity contribution < 1.29 is 50.0 Å². The third kappa shape index (κ3) is 4.40. The number of carbonyl (C=O) groups is 1. The second-order valence-corrected chi connectivity index (χ2v) is 16.8. The van der Waals surface area contributed by atoms with Crippen LogP contribution in [0.2, 0.25) is 0 Å². The highest BCUT2D eigenvalue weighted by atomic mass is 16.7. The van der Waals surface area contributed by atoms with E-state index < -0.39 is 66.3 Å². The summed E-state index contributed by atoms with van der Waals surface area (Å²) in [5.41, 5.74) is 0.798. The lowest BCUT2D eigenvalue weighted by Gasteiger charge is -2.70. The monoisotopic (exact) mass is 648 g/mol. The number of hydrogen-bond donors (Lipinski definition) is 7. The molecule has 15 atom stereocenters. The maximum atomic E-state index is 14.4. The predicted molar refractivity (Wildman–Crippen MR) is 168 cm³/mol. The van der Waals surface area contributed by atoms with Gasteiger partial charge < -0.3 is 45.2 Å². The first-order chi connectivity index (χ1) is 21.5. The van der Waals surface area contributed by atoms with E-state index in [9.17, 15) is 40.5 Å². The van der Waals surface area contributed by atoms with Crippen molar-refractivity contribution in [1.82, 2.24) is 0 Å². The topological polar surface area (TPSA) is 177 Å². The minimum absolute atomic E-state index is 0.0480. The number of hydrogen-bond acceptors (Lipinski definition) is 10. The van der Waals surface area contributed by atoms with E-state index in [0.717, 1.165) is 43.3 Å². The van der Waals surface area contributed by atoms with E-state index >= 15 is 0 Å². The largest absolute Gasteiger partial charge is 0.432 e. The van der Waals surface area contributed by atoms with E-state index in [4.69, 9.17) is 9.47 Å². The van der Waals surface area contributed by atoms with Crippen LogP contribution >= 0.6 is 0 Å². The average Bonchev–Trinajstić information content (AvgIpc) is 3.02. The van der Waals surface area contributed by atoms with Crippen molar-refractivity contribution in [2.75, 3.05) is 13.2 Å². The fourth-order valence-electron chi connectivity index (χ4n) is 11.8. The van der Waals surface area contributed by atoms with Crippen molar-refractivity contribution in [2.45, 2.75) is 136 Å². The van der Waals surface area contributed by atoms with Gasteiger partial charge in [0.05, 0.1) is 30.8 Å². The van der Waals surface area contributed by atoms with Gasteiger partial charge in [0.15, 0.2) is 0 Å². The molecular formula is C36H56O10. The number of fused-ring (bicyclic) bond motifs is 7. The Morgan fingerprint density at radius 3 is 2.28 bits per heavy atom. The molecule has 1 aliphatic heterocycles. The fraction of sp³-hybridized carbons (Fsp3) is 0.861. The van der Waals surface area contributed by atoms with Gasteiger partial charge in [-0.3, -0.25) is 4.79 Å². The Hall–Kier alpha value is -1.37. The molecule has 6 aliphatic rings.